The van der Waals surface area contributed by atoms with Crippen molar-refractivity contribution in [3.05, 3.63) is 58.0 Å². The van der Waals surface area contributed by atoms with Gasteiger partial charge < -0.3 is 15.1 Å². The average molecular weight is 498 g/mol. The summed E-state index contributed by atoms with van der Waals surface area (Å²) in [5.74, 6) is -2.28. The lowest BCUT2D eigenvalue weighted by Crippen LogP contribution is -2.29. The summed E-state index contributed by atoms with van der Waals surface area (Å²) >= 11 is 0. The number of ketones is 1. The Balaban J connectivity index is 2.11. The minimum absolute atomic E-state index is 0.0324. The van der Waals surface area contributed by atoms with E-state index in [1.165, 1.54) is 18.2 Å². The maximum absolute atomic E-state index is 12.2. The molecule has 10 nitrogen and oxygen atoms in total. The van der Waals surface area contributed by atoms with Crippen molar-refractivity contribution in [2.24, 2.45) is 0 Å². The molecule has 0 unspecified atom stereocenters. The molecular weight excluding hydrogens is 474 g/mol. The molecule has 0 fully saturated rings. The minimum Gasteiger partial charge on any atom is -0.504 e. The Morgan fingerprint density at radius 1 is 1.17 bits per heavy atom. The molecule has 2 aliphatic rings. The number of benzene rings is 1. The number of nitrogens with zero attached hydrogens (tertiary/aromatic N) is 3. The van der Waals surface area contributed by atoms with Gasteiger partial charge in [-0.25, -0.2) is 0 Å². The van der Waals surface area contributed by atoms with E-state index in [9.17, 15) is 38.2 Å². The number of fused-ring (bicyclic) bond motifs is 1. The zero-order valence-electron chi connectivity index (χ0n) is 19.1. The molecule has 1 aromatic rings. The lowest BCUT2D eigenvalue weighted by atomic mass is 9.79. The van der Waals surface area contributed by atoms with E-state index in [-0.39, 0.29) is 22.5 Å². The van der Waals surface area contributed by atoms with Crippen LogP contribution in [-0.2, 0) is 25.1 Å². The predicted molar refractivity (Wildman–Crippen MR) is 124 cm³/mol. The SMILES string of the molecule is CC1(C)/C(=C/C2=C(O)C(=O)C2=C(C#N)C#N)N(CCCCCC(=O)O)c2ccc(S(=O)(=O)O)cc21. The third-order valence-corrected chi connectivity index (χ3v) is 7.00. The van der Waals surface area contributed by atoms with Crippen LogP contribution >= 0.6 is 0 Å². The van der Waals surface area contributed by atoms with Gasteiger partial charge in [0.25, 0.3) is 10.1 Å². The minimum atomic E-state index is -4.47. The van der Waals surface area contributed by atoms with Gasteiger partial charge in [-0.15, -0.1) is 0 Å². The number of anilines is 1. The van der Waals surface area contributed by atoms with E-state index < -0.39 is 38.6 Å². The van der Waals surface area contributed by atoms with Gasteiger partial charge in [-0.3, -0.25) is 14.1 Å². The van der Waals surface area contributed by atoms with Crippen molar-refractivity contribution in [1.29, 1.82) is 10.5 Å². The van der Waals surface area contributed by atoms with Crippen LogP contribution in [0, 0.1) is 22.7 Å². The van der Waals surface area contributed by atoms with Crippen molar-refractivity contribution in [2.45, 2.75) is 49.8 Å². The summed E-state index contributed by atoms with van der Waals surface area (Å²) in [6.45, 7) is 4.01. The van der Waals surface area contributed by atoms with E-state index in [0.29, 0.717) is 42.8 Å². The second-order valence-corrected chi connectivity index (χ2v) is 10.2. The van der Waals surface area contributed by atoms with Gasteiger partial charge >= 0.3 is 5.97 Å². The Kier molecular flexibility index (Phi) is 6.88. The second-order valence-electron chi connectivity index (χ2n) is 8.73. The summed E-state index contributed by atoms with van der Waals surface area (Å²) in [4.78, 5) is 24.5. The highest BCUT2D eigenvalue weighted by Gasteiger charge is 2.43. The van der Waals surface area contributed by atoms with Crippen molar-refractivity contribution in [2.75, 3.05) is 11.4 Å². The zero-order valence-corrected chi connectivity index (χ0v) is 19.9. The maximum Gasteiger partial charge on any atom is 0.303 e. The smallest absolute Gasteiger partial charge is 0.303 e. The predicted octanol–water partition coefficient (Wildman–Crippen LogP) is 3.30. The van der Waals surface area contributed by atoms with Crippen molar-refractivity contribution in [1.82, 2.24) is 0 Å². The number of allylic oxidation sites excluding steroid dienone is 5. The number of aliphatic hydroxyl groups excluding tert-OH is 1. The van der Waals surface area contributed by atoms with Gasteiger partial charge in [0.05, 0.1) is 10.5 Å². The molecule has 35 heavy (non-hydrogen) atoms. The van der Waals surface area contributed by atoms with Crippen LogP contribution in [0.3, 0.4) is 0 Å². The number of carbonyl (C=O) groups is 2. The molecule has 1 aromatic carbocycles. The van der Waals surface area contributed by atoms with Crippen molar-refractivity contribution < 1.29 is 32.8 Å². The van der Waals surface area contributed by atoms with Gasteiger partial charge in [0, 0.05) is 35.3 Å². The molecule has 1 aliphatic heterocycles. The molecule has 0 amide bonds. The highest BCUT2D eigenvalue weighted by atomic mass is 32.2. The fourth-order valence-corrected chi connectivity index (χ4v) is 4.83. The van der Waals surface area contributed by atoms with E-state index >= 15 is 0 Å². The normalized spacial score (nSPS) is 17.6. The topological polar surface area (TPSA) is 180 Å². The molecule has 0 saturated heterocycles. The fraction of sp³-hybridized carbons (Fsp3) is 0.333. The van der Waals surface area contributed by atoms with Crippen LogP contribution < -0.4 is 4.90 Å². The first-order chi connectivity index (χ1) is 16.3. The number of carboxylic acids is 1. The molecule has 1 aliphatic carbocycles. The summed E-state index contributed by atoms with van der Waals surface area (Å²) in [7, 11) is -4.47. The number of aliphatic hydroxyl groups is 1. The van der Waals surface area contributed by atoms with Crippen LogP contribution in [0.25, 0.3) is 0 Å². The Hall–Kier alpha value is -3.93. The maximum atomic E-state index is 12.2. The summed E-state index contributed by atoms with van der Waals surface area (Å²) in [5, 5.41) is 37.5. The van der Waals surface area contributed by atoms with Gasteiger partial charge in [0.1, 0.15) is 17.7 Å². The zero-order chi connectivity index (χ0) is 26.1. The lowest BCUT2D eigenvalue weighted by molar-refractivity contribution is -0.137. The third kappa shape index (κ3) is 4.69. The standard InChI is InChI=1S/C24H23N3O7S/c1-24(2)17-10-15(35(32,33)34)7-8-18(17)27(9-5-3-4-6-20(28)29)19(24)11-16-21(14(12-25)13-26)23(31)22(16)30/h7-8,10-11,30H,3-6,9H2,1-2H3,(H,28,29)(H,32,33,34)/b19-11-. The number of carbonyl (C=O) groups excluding carboxylic acids is 1. The molecule has 0 spiro atoms. The third-order valence-electron chi connectivity index (χ3n) is 6.15. The van der Waals surface area contributed by atoms with Crippen molar-refractivity contribution in [3.8, 4) is 12.1 Å². The molecular formula is C24H23N3O7S. The van der Waals surface area contributed by atoms with Gasteiger partial charge in [-0.05, 0) is 42.7 Å². The van der Waals surface area contributed by atoms with Gasteiger partial charge in [-0.2, -0.15) is 18.9 Å². The molecule has 1 heterocycles. The monoisotopic (exact) mass is 497 g/mol. The molecule has 0 atom stereocenters. The number of nitriles is 2. The Morgan fingerprint density at radius 3 is 2.40 bits per heavy atom. The lowest BCUT2D eigenvalue weighted by Gasteiger charge is -2.29. The molecule has 3 rings (SSSR count). The molecule has 182 valence electrons. The number of rotatable bonds is 8. The van der Waals surface area contributed by atoms with Crippen molar-refractivity contribution >= 4 is 27.6 Å². The quantitative estimate of drug-likeness (QED) is 0.209. The van der Waals surface area contributed by atoms with E-state index in [4.69, 9.17) is 5.11 Å². The summed E-state index contributed by atoms with van der Waals surface area (Å²) in [5.41, 5.74) is 0.349. The number of carboxylic acid groups (broad SMARTS) is 1. The number of hydrogen-bond acceptors (Lipinski definition) is 8. The molecule has 0 radical (unpaired) electrons. The Bertz CT molecular complexity index is 1390. The number of unbranched alkanes of at least 4 members (excludes halogenated alkanes) is 2. The summed E-state index contributed by atoms with van der Waals surface area (Å²) in [6, 6.07) is 7.49. The van der Waals surface area contributed by atoms with E-state index in [2.05, 4.69) is 0 Å². The summed E-state index contributed by atoms with van der Waals surface area (Å²) in [6.07, 6.45) is 3.21. The van der Waals surface area contributed by atoms with Crippen LogP contribution in [0.1, 0.15) is 45.1 Å². The van der Waals surface area contributed by atoms with E-state index in [1.54, 1.807) is 32.1 Å². The molecule has 0 bridgehead atoms. The van der Waals surface area contributed by atoms with Gasteiger partial charge in [-0.1, -0.05) is 20.3 Å². The average Bonchev–Trinajstić information content (AvgIpc) is 3.00. The second kappa shape index (κ2) is 9.37. The fourth-order valence-electron chi connectivity index (χ4n) is 4.32. The first-order valence-corrected chi connectivity index (χ1v) is 12.1. The Morgan fingerprint density at radius 2 is 1.83 bits per heavy atom. The van der Waals surface area contributed by atoms with Crippen LogP contribution in [0.15, 0.2) is 57.3 Å². The number of aliphatic carboxylic acids is 1. The van der Waals surface area contributed by atoms with Gasteiger partial charge in [0.2, 0.25) is 5.78 Å². The Labute approximate surface area is 202 Å². The van der Waals surface area contributed by atoms with E-state index in [1.807, 2.05) is 4.90 Å². The first kappa shape index (κ1) is 25.7. The molecule has 0 aromatic heterocycles. The largest absolute Gasteiger partial charge is 0.504 e. The molecule has 3 N–H and O–H groups in total. The van der Waals surface area contributed by atoms with Crippen LogP contribution in [0.4, 0.5) is 5.69 Å². The van der Waals surface area contributed by atoms with Crippen LogP contribution in [0.2, 0.25) is 0 Å². The van der Waals surface area contributed by atoms with Crippen LogP contribution in [-0.4, -0.2) is 41.5 Å². The number of hydrogen-bond donors (Lipinski definition) is 3. The highest BCUT2D eigenvalue weighted by Crippen LogP contribution is 2.50. The van der Waals surface area contributed by atoms with Gasteiger partial charge in [0.15, 0.2) is 5.76 Å². The van der Waals surface area contributed by atoms with Crippen LogP contribution in [0.5, 0.6) is 0 Å². The van der Waals surface area contributed by atoms with E-state index in [0.717, 1.165) is 0 Å². The highest BCUT2D eigenvalue weighted by molar-refractivity contribution is 7.85. The molecule has 11 heteroatoms. The number of Topliss-reactive ketones (excluding diaryl/α,β-unsaturated/α-hetero) is 1. The summed E-state index contributed by atoms with van der Waals surface area (Å²) < 4.78 is 33.0. The molecule has 0 saturated carbocycles. The first-order valence-electron chi connectivity index (χ1n) is 10.7. The van der Waals surface area contributed by atoms with Crippen molar-refractivity contribution in [3.63, 3.8) is 0 Å².